The van der Waals surface area contributed by atoms with Gasteiger partial charge in [-0.15, -0.1) is 0 Å². The second-order valence-electron chi connectivity index (χ2n) is 5.37. The zero-order valence-electron chi connectivity index (χ0n) is 13.0. The molecule has 0 bridgehead atoms. The van der Waals surface area contributed by atoms with Crippen molar-refractivity contribution in [2.45, 2.75) is 18.9 Å². The van der Waals surface area contributed by atoms with Crippen molar-refractivity contribution >= 4 is 5.97 Å². The van der Waals surface area contributed by atoms with Gasteiger partial charge in [-0.05, 0) is 23.6 Å². The lowest BCUT2D eigenvalue weighted by Gasteiger charge is -2.26. The number of carbonyl (C=O) groups excluding carboxylic acids is 1. The van der Waals surface area contributed by atoms with Gasteiger partial charge in [-0.3, -0.25) is 10.3 Å². The molecule has 0 aliphatic carbocycles. The van der Waals surface area contributed by atoms with E-state index < -0.39 is 11.6 Å². The number of hydrogen-bond acceptors (Lipinski definition) is 4. The smallest absolute Gasteiger partial charge is 0.356 e. The van der Waals surface area contributed by atoms with Crippen LogP contribution in [0.15, 0.2) is 72.4 Å². The highest BCUT2D eigenvalue weighted by Crippen LogP contribution is 2.38. The van der Waals surface area contributed by atoms with Crippen LogP contribution in [-0.2, 0) is 20.0 Å². The third-order valence-corrected chi connectivity index (χ3v) is 3.73. The molecular formula is C19H19NO3. The Bertz CT molecular complexity index is 656. The van der Waals surface area contributed by atoms with Gasteiger partial charge in [0.05, 0.1) is 6.61 Å². The molecule has 0 saturated carbocycles. The maximum Gasteiger partial charge on any atom is 0.356 e. The monoisotopic (exact) mass is 309 g/mol. The Morgan fingerprint density at radius 1 is 1.04 bits per heavy atom. The average molecular weight is 309 g/mol. The van der Waals surface area contributed by atoms with E-state index in [9.17, 15) is 4.79 Å². The van der Waals surface area contributed by atoms with Crippen LogP contribution in [0.4, 0.5) is 0 Å². The highest BCUT2D eigenvalue weighted by atomic mass is 16.7. The normalized spacial score (nSPS) is 15.6. The first-order valence-electron chi connectivity index (χ1n) is 7.71. The van der Waals surface area contributed by atoms with E-state index in [2.05, 4.69) is 5.48 Å². The van der Waals surface area contributed by atoms with Gasteiger partial charge in [-0.25, -0.2) is 4.79 Å². The second-order valence-corrected chi connectivity index (χ2v) is 5.37. The molecule has 4 nitrogen and oxygen atoms in total. The molecule has 0 aromatic heterocycles. The van der Waals surface area contributed by atoms with Gasteiger partial charge in [-0.2, -0.15) is 0 Å². The number of ether oxygens (including phenoxy) is 1. The molecule has 0 unspecified atom stereocenters. The lowest BCUT2D eigenvalue weighted by molar-refractivity contribution is -0.141. The van der Waals surface area contributed by atoms with Crippen LogP contribution in [0.2, 0.25) is 0 Å². The molecule has 1 N–H and O–H groups in total. The maximum absolute atomic E-state index is 12.1. The van der Waals surface area contributed by atoms with Crippen LogP contribution in [0.25, 0.3) is 0 Å². The van der Waals surface area contributed by atoms with Crippen molar-refractivity contribution in [2.24, 2.45) is 0 Å². The fourth-order valence-electron chi connectivity index (χ4n) is 2.59. The molecule has 0 radical (unpaired) electrons. The summed E-state index contributed by atoms with van der Waals surface area (Å²) in [6.07, 6.45) is 2.57. The fraction of sp³-hybridized carbons (Fsp3) is 0.211. The number of nitrogens with one attached hydrogen (secondary N) is 1. The summed E-state index contributed by atoms with van der Waals surface area (Å²) < 4.78 is 5.19. The Balaban J connectivity index is 2.02. The van der Waals surface area contributed by atoms with Crippen LogP contribution in [0, 0.1) is 0 Å². The number of rotatable bonds is 5. The van der Waals surface area contributed by atoms with Crippen LogP contribution in [0.3, 0.4) is 0 Å². The minimum absolute atomic E-state index is 0.325. The van der Waals surface area contributed by atoms with E-state index in [1.165, 1.54) is 0 Å². The Hall–Kier alpha value is -2.59. The highest BCUT2D eigenvalue weighted by molar-refractivity contribution is 5.88. The fourth-order valence-corrected chi connectivity index (χ4v) is 2.59. The summed E-state index contributed by atoms with van der Waals surface area (Å²) >= 11 is 0. The van der Waals surface area contributed by atoms with E-state index in [-0.39, 0.29) is 0 Å². The van der Waals surface area contributed by atoms with Gasteiger partial charge in [0, 0.05) is 0 Å². The predicted molar refractivity (Wildman–Crippen MR) is 87.2 cm³/mol. The molecule has 2 aromatic carbocycles. The molecule has 0 amide bonds. The topological polar surface area (TPSA) is 47.6 Å². The average Bonchev–Trinajstić information content (AvgIpc) is 3.08. The second kappa shape index (κ2) is 6.67. The summed E-state index contributed by atoms with van der Waals surface area (Å²) in [7, 11) is 0. The standard InChI is InChI=1S/C19H19NO3/c1-2-13-22-18(21)17-14-19(23-20-17,15-9-5-3-6-10-15)16-11-7-4-8-12-16/h3-12,14,20H,2,13H2,1H3. The van der Waals surface area contributed by atoms with Crippen LogP contribution in [-0.4, -0.2) is 12.6 Å². The number of benzene rings is 2. The number of esters is 1. The molecule has 0 saturated heterocycles. The number of hydroxylamine groups is 1. The van der Waals surface area contributed by atoms with Gasteiger partial charge in [0.2, 0.25) is 0 Å². The van der Waals surface area contributed by atoms with E-state index in [0.717, 1.165) is 17.5 Å². The third kappa shape index (κ3) is 2.98. The van der Waals surface area contributed by atoms with E-state index >= 15 is 0 Å². The SMILES string of the molecule is CCCOC(=O)C1=CC(c2ccccc2)(c2ccccc2)ON1. The Morgan fingerprint density at radius 3 is 2.13 bits per heavy atom. The summed E-state index contributed by atoms with van der Waals surface area (Å²) in [4.78, 5) is 18.0. The molecular weight excluding hydrogens is 290 g/mol. The lowest BCUT2D eigenvalue weighted by Crippen LogP contribution is -2.28. The van der Waals surface area contributed by atoms with Crippen LogP contribution >= 0.6 is 0 Å². The summed E-state index contributed by atoms with van der Waals surface area (Å²) in [5.41, 5.74) is 4.10. The maximum atomic E-state index is 12.1. The van der Waals surface area contributed by atoms with Gasteiger partial charge in [0.1, 0.15) is 5.70 Å². The Kier molecular flexibility index (Phi) is 4.44. The molecule has 0 fully saturated rings. The van der Waals surface area contributed by atoms with Crippen molar-refractivity contribution in [3.05, 3.63) is 83.6 Å². The molecule has 1 aliphatic heterocycles. The minimum Gasteiger partial charge on any atom is -0.461 e. The third-order valence-electron chi connectivity index (χ3n) is 3.73. The van der Waals surface area contributed by atoms with Gasteiger partial charge in [-0.1, -0.05) is 67.6 Å². The van der Waals surface area contributed by atoms with Crippen LogP contribution < -0.4 is 5.48 Å². The van der Waals surface area contributed by atoms with E-state index in [1.54, 1.807) is 6.08 Å². The first-order valence-corrected chi connectivity index (χ1v) is 7.71. The van der Waals surface area contributed by atoms with Crippen molar-refractivity contribution in [3.8, 4) is 0 Å². The minimum atomic E-state index is -0.844. The molecule has 0 spiro atoms. The van der Waals surface area contributed by atoms with Gasteiger partial charge in [0.15, 0.2) is 5.60 Å². The first kappa shape index (κ1) is 15.3. The van der Waals surface area contributed by atoms with Crippen molar-refractivity contribution < 1.29 is 14.4 Å². The van der Waals surface area contributed by atoms with E-state index in [0.29, 0.717) is 12.3 Å². The van der Waals surface area contributed by atoms with E-state index in [1.807, 2.05) is 67.6 Å². The zero-order valence-corrected chi connectivity index (χ0v) is 13.0. The van der Waals surface area contributed by atoms with Crippen molar-refractivity contribution in [1.82, 2.24) is 5.48 Å². The molecule has 2 aromatic rings. The number of carbonyl (C=O) groups is 1. The van der Waals surface area contributed by atoms with Crippen molar-refractivity contribution in [3.63, 3.8) is 0 Å². The quantitative estimate of drug-likeness (QED) is 0.861. The Labute approximate surface area is 135 Å². The zero-order chi connectivity index (χ0) is 16.1. The van der Waals surface area contributed by atoms with Crippen molar-refractivity contribution in [1.29, 1.82) is 0 Å². The highest BCUT2D eigenvalue weighted by Gasteiger charge is 2.40. The summed E-state index contributed by atoms with van der Waals surface area (Å²) in [5.74, 6) is -0.402. The molecule has 4 heteroatoms. The summed E-state index contributed by atoms with van der Waals surface area (Å²) in [6, 6.07) is 19.6. The molecule has 1 heterocycles. The van der Waals surface area contributed by atoms with Crippen molar-refractivity contribution in [2.75, 3.05) is 6.61 Å². The van der Waals surface area contributed by atoms with Crippen LogP contribution in [0.1, 0.15) is 24.5 Å². The van der Waals surface area contributed by atoms with E-state index in [4.69, 9.17) is 9.57 Å². The molecule has 1 aliphatic rings. The Morgan fingerprint density at radius 2 is 1.61 bits per heavy atom. The predicted octanol–water partition coefficient (Wildman–Crippen LogP) is 3.30. The first-order chi connectivity index (χ1) is 11.3. The number of hydrogen-bond donors (Lipinski definition) is 1. The summed E-state index contributed by atoms with van der Waals surface area (Å²) in [6.45, 7) is 2.35. The molecule has 23 heavy (non-hydrogen) atoms. The van der Waals surface area contributed by atoms with Crippen LogP contribution in [0.5, 0.6) is 0 Å². The van der Waals surface area contributed by atoms with Gasteiger partial charge in [0.25, 0.3) is 0 Å². The largest absolute Gasteiger partial charge is 0.461 e. The van der Waals surface area contributed by atoms with Gasteiger partial charge >= 0.3 is 5.97 Å². The lowest BCUT2D eigenvalue weighted by atomic mass is 9.86. The molecule has 118 valence electrons. The molecule has 0 atom stereocenters. The summed E-state index contributed by atoms with van der Waals surface area (Å²) in [5, 5.41) is 0. The molecule has 3 rings (SSSR count). The van der Waals surface area contributed by atoms with Gasteiger partial charge < -0.3 is 4.74 Å².